The lowest BCUT2D eigenvalue weighted by Gasteiger charge is -2.28. The van der Waals surface area contributed by atoms with Gasteiger partial charge in [0.15, 0.2) is 0 Å². The molecule has 3 aliphatic rings. The number of likely N-dealkylation sites (tertiary alicyclic amines) is 1. The number of sulfonamides is 1. The van der Waals surface area contributed by atoms with E-state index in [4.69, 9.17) is 4.74 Å². The van der Waals surface area contributed by atoms with E-state index in [9.17, 15) is 13.2 Å². The van der Waals surface area contributed by atoms with Crippen LogP contribution in [-0.4, -0.2) is 61.4 Å². The predicted octanol–water partition coefficient (Wildman–Crippen LogP) is 2.04. The molecule has 2 saturated heterocycles. The van der Waals surface area contributed by atoms with E-state index in [2.05, 4.69) is 10.2 Å². The molecule has 30 heavy (non-hydrogen) atoms. The van der Waals surface area contributed by atoms with Crippen LogP contribution in [0.25, 0.3) is 0 Å². The second-order valence-electron chi connectivity index (χ2n) is 8.25. The van der Waals surface area contributed by atoms with Crippen LogP contribution in [0.3, 0.4) is 0 Å². The summed E-state index contributed by atoms with van der Waals surface area (Å²) in [7, 11) is -3.30. The van der Waals surface area contributed by atoms with Crippen molar-refractivity contribution in [3.05, 3.63) is 46.8 Å². The summed E-state index contributed by atoms with van der Waals surface area (Å²) in [6.07, 6.45) is 3.24. The molecule has 1 atom stereocenters. The van der Waals surface area contributed by atoms with Crippen molar-refractivity contribution in [3.63, 3.8) is 0 Å². The second-order valence-corrected chi connectivity index (χ2v) is 10.3. The molecule has 0 radical (unpaired) electrons. The number of amides is 1. The normalized spacial score (nSPS) is 23.4. The van der Waals surface area contributed by atoms with Crippen LogP contribution in [0, 0.1) is 0 Å². The number of nitrogens with zero attached hydrogens (tertiary/aromatic N) is 3. The fourth-order valence-corrected chi connectivity index (χ4v) is 6.33. The van der Waals surface area contributed by atoms with E-state index in [0.29, 0.717) is 50.5 Å². The molecule has 1 aromatic heterocycles. The monoisotopic (exact) mass is 430 g/mol. The summed E-state index contributed by atoms with van der Waals surface area (Å²) in [4.78, 5) is 15.0. The SMILES string of the molecule is O=C(c1cccc(N2CCCCS2(=O)=O)c1)N1CCC(c2n[nH]c3c2COCC3)C1. The summed E-state index contributed by atoms with van der Waals surface area (Å²) in [5, 5.41) is 7.66. The topological polar surface area (TPSA) is 95.6 Å². The summed E-state index contributed by atoms with van der Waals surface area (Å²) in [6, 6.07) is 7.01. The number of carbonyl (C=O) groups is 1. The van der Waals surface area contributed by atoms with Gasteiger partial charge in [0.1, 0.15) is 0 Å². The van der Waals surface area contributed by atoms with Gasteiger partial charge in [-0.25, -0.2) is 8.42 Å². The lowest BCUT2D eigenvalue weighted by Crippen LogP contribution is -2.38. The maximum Gasteiger partial charge on any atom is 0.253 e. The number of anilines is 1. The molecule has 0 bridgehead atoms. The molecule has 4 heterocycles. The van der Waals surface area contributed by atoms with E-state index >= 15 is 0 Å². The molecule has 2 fully saturated rings. The molecule has 8 nitrogen and oxygen atoms in total. The van der Waals surface area contributed by atoms with Crippen molar-refractivity contribution in [2.45, 2.75) is 38.2 Å². The molecule has 1 N–H and O–H groups in total. The maximum atomic E-state index is 13.2. The fraction of sp³-hybridized carbons (Fsp3) is 0.524. The Hall–Kier alpha value is -2.39. The van der Waals surface area contributed by atoms with Crippen molar-refractivity contribution in [1.82, 2.24) is 15.1 Å². The van der Waals surface area contributed by atoms with Gasteiger partial charge in [-0.3, -0.25) is 14.2 Å². The van der Waals surface area contributed by atoms with Crippen LogP contribution in [0.5, 0.6) is 0 Å². The number of aromatic amines is 1. The molecule has 1 unspecified atom stereocenters. The van der Waals surface area contributed by atoms with Crippen LogP contribution in [0.15, 0.2) is 24.3 Å². The number of hydrogen-bond donors (Lipinski definition) is 1. The first-order chi connectivity index (χ1) is 14.5. The summed E-state index contributed by atoms with van der Waals surface area (Å²) in [5.41, 5.74) is 4.43. The molecule has 2 aromatic rings. The molecule has 0 saturated carbocycles. The number of fused-ring (bicyclic) bond motifs is 1. The minimum atomic E-state index is -3.30. The number of hydrogen-bond acceptors (Lipinski definition) is 5. The number of benzene rings is 1. The third-order valence-corrected chi connectivity index (χ3v) is 8.19. The van der Waals surface area contributed by atoms with Crippen LogP contribution in [0.2, 0.25) is 0 Å². The van der Waals surface area contributed by atoms with E-state index in [-0.39, 0.29) is 17.6 Å². The molecule has 160 valence electrons. The van der Waals surface area contributed by atoms with E-state index in [1.54, 1.807) is 24.3 Å². The largest absolute Gasteiger partial charge is 0.376 e. The Labute approximate surface area is 176 Å². The fourth-order valence-electron chi connectivity index (χ4n) is 4.69. The van der Waals surface area contributed by atoms with E-state index in [1.807, 2.05) is 4.90 Å². The Kier molecular flexibility index (Phi) is 5.02. The third kappa shape index (κ3) is 3.50. The maximum absolute atomic E-state index is 13.2. The van der Waals surface area contributed by atoms with E-state index < -0.39 is 10.0 Å². The van der Waals surface area contributed by atoms with Gasteiger partial charge in [0.25, 0.3) is 5.91 Å². The Morgan fingerprint density at radius 3 is 3.00 bits per heavy atom. The molecule has 5 rings (SSSR count). The van der Waals surface area contributed by atoms with Gasteiger partial charge >= 0.3 is 0 Å². The summed E-state index contributed by atoms with van der Waals surface area (Å²) in [6.45, 7) is 3.05. The van der Waals surface area contributed by atoms with Crippen molar-refractivity contribution in [2.24, 2.45) is 0 Å². The van der Waals surface area contributed by atoms with E-state index in [1.165, 1.54) is 4.31 Å². The number of H-pyrrole nitrogens is 1. The van der Waals surface area contributed by atoms with Crippen LogP contribution in [0.1, 0.15) is 52.5 Å². The summed E-state index contributed by atoms with van der Waals surface area (Å²) < 4.78 is 31.9. The van der Waals surface area contributed by atoms with Gasteiger partial charge in [0, 0.05) is 48.8 Å². The molecular formula is C21H26N4O4S. The lowest BCUT2D eigenvalue weighted by atomic mass is 9.98. The molecule has 1 aromatic carbocycles. The molecule has 0 aliphatic carbocycles. The zero-order chi connectivity index (χ0) is 20.7. The third-order valence-electron chi connectivity index (χ3n) is 6.32. The van der Waals surface area contributed by atoms with Crippen molar-refractivity contribution >= 4 is 21.6 Å². The van der Waals surface area contributed by atoms with Crippen LogP contribution < -0.4 is 4.31 Å². The molecule has 9 heteroatoms. The van der Waals surface area contributed by atoms with Gasteiger partial charge in [-0.2, -0.15) is 5.10 Å². The van der Waals surface area contributed by atoms with Crippen molar-refractivity contribution in [3.8, 4) is 0 Å². The number of carbonyl (C=O) groups excluding carboxylic acids is 1. The van der Waals surface area contributed by atoms with Crippen LogP contribution in [-0.2, 0) is 27.8 Å². The Morgan fingerprint density at radius 1 is 1.23 bits per heavy atom. The highest BCUT2D eigenvalue weighted by molar-refractivity contribution is 7.92. The van der Waals surface area contributed by atoms with Crippen LogP contribution >= 0.6 is 0 Å². The first-order valence-electron chi connectivity index (χ1n) is 10.6. The van der Waals surface area contributed by atoms with Gasteiger partial charge < -0.3 is 9.64 Å². The first kappa shape index (κ1) is 19.6. The summed E-state index contributed by atoms with van der Waals surface area (Å²) in [5.74, 6) is 0.298. The minimum absolute atomic E-state index is 0.0607. The van der Waals surface area contributed by atoms with Gasteiger partial charge in [-0.15, -0.1) is 0 Å². The number of ether oxygens (including phenoxy) is 1. The Morgan fingerprint density at radius 2 is 2.13 bits per heavy atom. The average Bonchev–Trinajstić information content (AvgIpc) is 3.40. The van der Waals surface area contributed by atoms with Crippen molar-refractivity contribution in [1.29, 1.82) is 0 Å². The summed E-state index contributed by atoms with van der Waals surface area (Å²) >= 11 is 0. The zero-order valence-electron chi connectivity index (χ0n) is 16.8. The highest BCUT2D eigenvalue weighted by atomic mass is 32.2. The number of rotatable bonds is 3. The number of aromatic nitrogens is 2. The standard InChI is InChI=1S/C21H26N4O4S/c26-21(15-4-3-5-17(12-15)25-8-1-2-11-30(25,27)28)24-9-6-16(13-24)20-18-14-29-10-7-19(18)22-23-20/h3-5,12,16H,1-2,6-11,13-14H2,(H,22,23). The molecule has 3 aliphatic heterocycles. The second kappa shape index (κ2) is 7.70. The number of nitrogens with one attached hydrogen (secondary N) is 1. The van der Waals surface area contributed by atoms with Gasteiger partial charge in [0.05, 0.1) is 30.3 Å². The van der Waals surface area contributed by atoms with Gasteiger partial charge in [0.2, 0.25) is 10.0 Å². The highest BCUT2D eigenvalue weighted by Crippen LogP contribution is 2.32. The quantitative estimate of drug-likeness (QED) is 0.804. The molecule has 0 spiro atoms. The molecular weight excluding hydrogens is 404 g/mol. The molecule has 1 amide bonds. The Bertz CT molecular complexity index is 1060. The van der Waals surface area contributed by atoms with Crippen molar-refractivity contribution < 1.29 is 17.9 Å². The van der Waals surface area contributed by atoms with Crippen LogP contribution in [0.4, 0.5) is 5.69 Å². The minimum Gasteiger partial charge on any atom is -0.376 e. The zero-order valence-corrected chi connectivity index (χ0v) is 17.7. The first-order valence-corrected chi connectivity index (χ1v) is 12.2. The Balaban J connectivity index is 1.33. The average molecular weight is 431 g/mol. The smallest absolute Gasteiger partial charge is 0.253 e. The van der Waals surface area contributed by atoms with Gasteiger partial charge in [-0.1, -0.05) is 6.07 Å². The lowest BCUT2D eigenvalue weighted by molar-refractivity contribution is 0.0790. The van der Waals surface area contributed by atoms with Crippen molar-refractivity contribution in [2.75, 3.05) is 36.3 Å². The highest BCUT2D eigenvalue weighted by Gasteiger charge is 2.33. The van der Waals surface area contributed by atoms with Gasteiger partial charge in [-0.05, 0) is 37.5 Å². The van der Waals surface area contributed by atoms with E-state index in [0.717, 1.165) is 36.2 Å². The predicted molar refractivity (Wildman–Crippen MR) is 112 cm³/mol.